The number of Topliss-reactive ketones (excluding diaryl/α,β-unsaturated/α-hetero) is 1. The Kier molecular flexibility index (Phi) is 3.61. The van der Waals surface area contributed by atoms with Gasteiger partial charge in [-0.2, -0.15) is 0 Å². The topological polar surface area (TPSA) is 20.3 Å². The molecule has 1 heterocycles. The lowest BCUT2D eigenvalue weighted by molar-refractivity contribution is 0.0963. The third-order valence-electron chi connectivity index (χ3n) is 3.73. The summed E-state index contributed by atoms with van der Waals surface area (Å²) in [5.74, 6) is -0.238. The molecule has 2 aromatic carbocycles. The molecule has 0 atom stereocenters. The molecule has 0 fully saturated rings. The van der Waals surface area contributed by atoms with Gasteiger partial charge in [0.15, 0.2) is 5.78 Å². The maximum atomic E-state index is 12.8. The maximum Gasteiger partial charge on any atom is 0.164 e. The van der Waals surface area contributed by atoms with E-state index in [1.807, 2.05) is 12.1 Å². The van der Waals surface area contributed by atoms with E-state index in [1.54, 1.807) is 12.1 Å². The van der Waals surface area contributed by atoms with Gasteiger partial charge in [0, 0.05) is 31.6 Å². The highest BCUT2D eigenvalue weighted by molar-refractivity contribution is 5.96. The number of rotatable bonds is 4. The lowest BCUT2D eigenvalue weighted by atomic mass is 10.1. The minimum atomic E-state index is -0.309. The van der Waals surface area contributed by atoms with Crippen LogP contribution in [0.5, 0.6) is 0 Å². The van der Waals surface area contributed by atoms with Crippen molar-refractivity contribution in [2.24, 2.45) is 0 Å². The third-order valence-corrected chi connectivity index (χ3v) is 3.73. The van der Waals surface area contributed by atoms with Gasteiger partial charge < -0.3 is 0 Å². The Morgan fingerprint density at radius 1 is 1.00 bits per heavy atom. The maximum absolute atomic E-state index is 12.8. The van der Waals surface area contributed by atoms with Gasteiger partial charge in [-0.25, -0.2) is 4.39 Å². The largest absolute Gasteiger partial charge is 0.294 e. The molecular formula is C17H16FNO. The number of carbonyl (C=O) groups excluding carboxylic acids is 1. The van der Waals surface area contributed by atoms with Crippen LogP contribution in [-0.4, -0.2) is 17.2 Å². The molecule has 0 bridgehead atoms. The number of ketones is 1. The zero-order chi connectivity index (χ0) is 13.9. The lowest BCUT2D eigenvalue weighted by Gasteiger charge is -2.13. The number of carbonyl (C=O) groups is 1. The number of hydrogen-bond donors (Lipinski definition) is 0. The van der Waals surface area contributed by atoms with Crippen LogP contribution in [0, 0.1) is 5.82 Å². The summed E-state index contributed by atoms with van der Waals surface area (Å²) < 4.78 is 12.8. The second kappa shape index (κ2) is 5.55. The third kappa shape index (κ3) is 2.78. The Morgan fingerprint density at radius 3 is 2.20 bits per heavy atom. The van der Waals surface area contributed by atoms with Crippen LogP contribution >= 0.6 is 0 Å². The van der Waals surface area contributed by atoms with Gasteiger partial charge in [-0.15, -0.1) is 0 Å². The molecule has 0 saturated carbocycles. The normalized spacial score (nSPS) is 14.2. The van der Waals surface area contributed by atoms with Gasteiger partial charge in [-0.05, 0) is 35.4 Å². The van der Waals surface area contributed by atoms with Crippen LogP contribution < -0.4 is 0 Å². The molecule has 3 heteroatoms. The van der Waals surface area contributed by atoms with E-state index in [0.717, 1.165) is 19.6 Å². The first kappa shape index (κ1) is 13.0. The molecule has 0 aliphatic carbocycles. The number of benzene rings is 2. The second-order valence-corrected chi connectivity index (χ2v) is 5.16. The van der Waals surface area contributed by atoms with Crippen LogP contribution in [0.3, 0.4) is 0 Å². The molecule has 0 aromatic heterocycles. The fourth-order valence-electron chi connectivity index (χ4n) is 2.60. The van der Waals surface area contributed by atoms with Gasteiger partial charge in [-0.3, -0.25) is 9.69 Å². The molecule has 2 aromatic rings. The summed E-state index contributed by atoms with van der Waals surface area (Å²) in [4.78, 5) is 14.3. The highest BCUT2D eigenvalue weighted by Crippen LogP contribution is 2.22. The second-order valence-electron chi connectivity index (χ2n) is 5.16. The predicted molar refractivity (Wildman–Crippen MR) is 75.9 cm³/mol. The molecule has 1 aliphatic heterocycles. The van der Waals surface area contributed by atoms with Gasteiger partial charge in [-0.1, -0.05) is 24.3 Å². The van der Waals surface area contributed by atoms with Gasteiger partial charge >= 0.3 is 0 Å². The summed E-state index contributed by atoms with van der Waals surface area (Å²) in [5.41, 5.74) is 3.28. The Labute approximate surface area is 117 Å². The van der Waals surface area contributed by atoms with Gasteiger partial charge in [0.05, 0.1) is 0 Å². The Hall–Kier alpha value is -2.00. The van der Waals surface area contributed by atoms with E-state index < -0.39 is 0 Å². The van der Waals surface area contributed by atoms with Crippen molar-refractivity contribution in [3.8, 4) is 0 Å². The van der Waals surface area contributed by atoms with Crippen molar-refractivity contribution >= 4 is 5.78 Å². The minimum Gasteiger partial charge on any atom is -0.294 e. The fourth-order valence-corrected chi connectivity index (χ4v) is 2.60. The minimum absolute atomic E-state index is 0.0703. The molecule has 20 heavy (non-hydrogen) atoms. The van der Waals surface area contributed by atoms with Crippen molar-refractivity contribution in [1.29, 1.82) is 0 Å². The molecule has 0 N–H and O–H groups in total. The summed E-state index contributed by atoms with van der Waals surface area (Å²) in [6, 6.07) is 14.1. The summed E-state index contributed by atoms with van der Waals surface area (Å²) in [6.07, 6.45) is 0.472. The van der Waals surface area contributed by atoms with Crippen molar-refractivity contribution in [3.05, 3.63) is 71.0 Å². The standard InChI is InChI=1S/C17H16FNO/c18-16-7-5-13(6-8-16)17(20)9-10-19-11-14-3-1-2-4-15(14)12-19/h1-8H,9-12H2. The van der Waals surface area contributed by atoms with Crippen LogP contribution in [-0.2, 0) is 13.1 Å². The SMILES string of the molecule is O=C(CCN1Cc2ccccc2C1)c1ccc(F)cc1. The van der Waals surface area contributed by atoms with Crippen LogP contribution in [0.2, 0.25) is 0 Å². The summed E-state index contributed by atoms with van der Waals surface area (Å²) in [7, 11) is 0. The van der Waals surface area contributed by atoms with Gasteiger partial charge in [0.25, 0.3) is 0 Å². The van der Waals surface area contributed by atoms with Crippen molar-refractivity contribution in [1.82, 2.24) is 4.90 Å². The quantitative estimate of drug-likeness (QED) is 0.793. The highest BCUT2D eigenvalue weighted by Gasteiger charge is 2.18. The average molecular weight is 269 g/mol. The van der Waals surface area contributed by atoms with Crippen LogP contribution in [0.15, 0.2) is 48.5 Å². The predicted octanol–water partition coefficient (Wildman–Crippen LogP) is 3.41. The van der Waals surface area contributed by atoms with E-state index in [9.17, 15) is 9.18 Å². The average Bonchev–Trinajstić information content (AvgIpc) is 2.88. The molecule has 0 amide bonds. The molecule has 0 unspecified atom stereocenters. The monoisotopic (exact) mass is 269 g/mol. The van der Waals surface area contributed by atoms with E-state index in [0.29, 0.717) is 12.0 Å². The number of halogens is 1. The fraction of sp³-hybridized carbons (Fsp3) is 0.235. The van der Waals surface area contributed by atoms with Crippen molar-refractivity contribution < 1.29 is 9.18 Å². The summed E-state index contributed by atoms with van der Waals surface area (Å²) >= 11 is 0. The Morgan fingerprint density at radius 2 is 1.60 bits per heavy atom. The van der Waals surface area contributed by atoms with Crippen LogP contribution in [0.4, 0.5) is 4.39 Å². The van der Waals surface area contributed by atoms with E-state index in [1.165, 1.54) is 23.3 Å². The summed E-state index contributed by atoms with van der Waals surface area (Å²) in [5, 5.41) is 0. The zero-order valence-electron chi connectivity index (χ0n) is 11.2. The van der Waals surface area contributed by atoms with Crippen LogP contribution in [0.25, 0.3) is 0 Å². The first-order valence-electron chi connectivity index (χ1n) is 6.80. The van der Waals surface area contributed by atoms with Crippen LogP contribution in [0.1, 0.15) is 27.9 Å². The van der Waals surface area contributed by atoms with Crippen molar-refractivity contribution in [2.45, 2.75) is 19.5 Å². The number of nitrogens with zero attached hydrogens (tertiary/aromatic N) is 1. The molecule has 0 spiro atoms. The zero-order valence-corrected chi connectivity index (χ0v) is 11.2. The van der Waals surface area contributed by atoms with E-state index in [-0.39, 0.29) is 11.6 Å². The summed E-state index contributed by atoms with van der Waals surface area (Å²) in [6.45, 7) is 2.56. The molecule has 1 aliphatic rings. The Bertz CT molecular complexity index is 596. The van der Waals surface area contributed by atoms with E-state index >= 15 is 0 Å². The molecule has 3 rings (SSSR count). The van der Waals surface area contributed by atoms with Gasteiger partial charge in [0.2, 0.25) is 0 Å². The highest BCUT2D eigenvalue weighted by atomic mass is 19.1. The molecular weight excluding hydrogens is 253 g/mol. The smallest absolute Gasteiger partial charge is 0.164 e. The Balaban J connectivity index is 1.56. The van der Waals surface area contributed by atoms with Crippen molar-refractivity contribution in [2.75, 3.05) is 6.54 Å². The van der Waals surface area contributed by atoms with E-state index in [2.05, 4.69) is 17.0 Å². The first-order valence-corrected chi connectivity index (χ1v) is 6.80. The lowest BCUT2D eigenvalue weighted by Crippen LogP contribution is -2.20. The first-order chi connectivity index (χ1) is 9.72. The molecule has 0 saturated heterocycles. The number of hydrogen-bond acceptors (Lipinski definition) is 2. The molecule has 102 valence electrons. The molecule has 2 nitrogen and oxygen atoms in total. The number of fused-ring (bicyclic) bond motifs is 1. The van der Waals surface area contributed by atoms with Crippen molar-refractivity contribution in [3.63, 3.8) is 0 Å². The van der Waals surface area contributed by atoms with Gasteiger partial charge in [0.1, 0.15) is 5.82 Å². The molecule has 0 radical (unpaired) electrons. The van der Waals surface area contributed by atoms with E-state index in [4.69, 9.17) is 0 Å².